The highest BCUT2D eigenvalue weighted by Gasteiger charge is 2.35. The fourth-order valence-electron chi connectivity index (χ4n) is 4.26. The summed E-state index contributed by atoms with van der Waals surface area (Å²) in [4.78, 5) is 22.4. The molecule has 156 valence electrons. The fourth-order valence-corrected chi connectivity index (χ4v) is 4.50. The summed E-state index contributed by atoms with van der Waals surface area (Å²) in [5.74, 6) is 0.716. The number of aliphatic hydroxyl groups is 1. The number of benzene rings is 1. The molecule has 0 bridgehead atoms. The predicted molar refractivity (Wildman–Crippen MR) is 115 cm³/mol. The average molecular weight is 427 g/mol. The van der Waals surface area contributed by atoms with Crippen LogP contribution in [0.15, 0.2) is 30.5 Å². The lowest BCUT2D eigenvalue weighted by Gasteiger charge is -2.29. The Bertz CT molecular complexity index is 1120. The number of rotatable bonds is 3. The lowest BCUT2D eigenvalue weighted by molar-refractivity contribution is -0.138. The highest BCUT2D eigenvalue weighted by Crippen LogP contribution is 2.43. The van der Waals surface area contributed by atoms with Gasteiger partial charge in [-0.25, -0.2) is 4.98 Å². The quantitative estimate of drug-likeness (QED) is 0.599. The van der Waals surface area contributed by atoms with Crippen molar-refractivity contribution in [1.29, 1.82) is 0 Å². The molecule has 2 aliphatic heterocycles. The number of piperazine rings is 1. The average Bonchev–Trinajstić information content (AvgIpc) is 3.37. The number of hydrogen-bond donors (Lipinski definition) is 3. The molecule has 4 heterocycles. The van der Waals surface area contributed by atoms with E-state index >= 15 is 0 Å². The molecular formula is C22H23ClN4O3. The predicted octanol–water partition coefficient (Wildman–Crippen LogP) is 2.67. The summed E-state index contributed by atoms with van der Waals surface area (Å²) in [6, 6.07) is 7.54. The van der Waals surface area contributed by atoms with Crippen LogP contribution in [0.25, 0.3) is 22.2 Å². The molecule has 7 nitrogen and oxygen atoms in total. The van der Waals surface area contributed by atoms with Crippen molar-refractivity contribution in [2.75, 3.05) is 26.2 Å². The van der Waals surface area contributed by atoms with E-state index in [2.05, 4.69) is 15.3 Å². The number of nitrogens with zero attached hydrogens (tertiary/aromatic N) is 2. The molecule has 30 heavy (non-hydrogen) atoms. The summed E-state index contributed by atoms with van der Waals surface area (Å²) in [5, 5.41) is 14.7. The minimum atomic E-state index is -0.630. The maximum absolute atomic E-state index is 13.0. The third-order valence-electron chi connectivity index (χ3n) is 5.79. The van der Waals surface area contributed by atoms with Crippen molar-refractivity contribution in [2.24, 2.45) is 0 Å². The molecule has 3 aromatic rings. The normalized spacial score (nSPS) is 19.6. The molecule has 3 N–H and O–H groups in total. The summed E-state index contributed by atoms with van der Waals surface area (Å²) < 4.78 is 6.22. The lowest BCUT2D eigenvalue weighted by Crippen LogP contribution is -2.50. The Morgan fingerprint density at radius 2 is 2.10 bits per heavy atom. The van der Waals surface area contributed by atoms with Gasteiger partial charge in [-0.05, 0) is 36.8 Å². The van der Waals surface area contributed by atoms with Crippen LogP contribution < -0.4 is 10.1 Å². The summed E-state index contributed by atoms with van der Waals surface area (Å²) in [6.07, 6.45) is 1.05. The molecule has 0 radical (unpaired) electrons. The number of fused-ring (bicyclic) bond motifs is 2. The number of aromatic nitrogens is 2. The zero-order chi connectivity index (χ0) is 20.8. The first-order valence-electron chi connectivity index (χ1n) is 10.2. The number of hydrogen-bond acceptors (Lipinski definition) is 5. The molecule has 2 atom stereocenters. The van der Waals surface area contributed by atoms with Gasteiger partial charge in [-0.1, -0.05) is 11.6 Å². The molecule has 0 spiro atoms. The number of carbonyl (C=O) groups excluding carboxylic acids is 1. The minimum Gasteiger partial charge on any atom is -0.479 e. The van der Waals surface area contributed by atoms with Crippen LogP contribution in [-0.2, 0) is 11.2 Å². The molecule has 0 aliphatic carbocycles. The Kier molecular flexibility index (Phi) is 4.89. The monoisotopic (exact) mass is 426 g/mol. The Labute approximate surface area is 179 Å². The number of amides is 1. The van der Waals surface area contributed by atoms with Gasteiger partial charge in [0.1, 0.15) is 11.4 Å². The number of H-pyrrole nitrogens is 1. The third kappa shape index (κ3) is 3.33. The first-order valence-corrected chi connectivity index (χ1v) is 10.5. The second-order valence-electron chi connectivity index (χ2n) is 7.85. The largest absolute Gasteiger partial charge is 0.479 e. The second kappa shape index (κ2) is 7.58. The van der Waals surface area contributed by atoms with Crippen molar-refractivity contribution in [3.05, 3.63) is 46.7 Å². The van der Waals surface area contributed by atoms with Gasteiger partial charge in [-0.15, -0.1) is 0 Å². The number of aliphatic hydroxyl groups excluding tert-OH is 1. The number of nitrogens with one attached hydrogen (secondary N) is 2. The Balaban J connectivity index is 1.54. The van der Waals surface area contributed by atoms with Crippen molar-refractivity contribution in [1.82, 2.24) is 20.2 Å². The van der Waals surface area contributed by atoms with Crippen molar-refractivity contribution in [3.8, 4) is 16.9 Å². The SMILES string of the molecule is CC(O)c1cc2c(-c3cc(Cl)cc4c3OC(C(=O)N3CCNCC3)C4)ccnc2[nH]1. The van der Waals surface area contributed by atoms with E-state index in [0.717, 1.165) is 35.2 Å². The smallest absolute Gasteiger partial charge is 0.264 e. The van der Waals surface area contributed by atoms with Crippen LogP contribution in [0.5, 0.6) is 5.75 Å². The summed E-state index contributed by atoms with van der Waals surface area (Å²) in [7, 11) is 0. The van der Waals surface area contributed by atoms with Gasteiger partial charge in [0.05, 0.1) is 6.10 Å². The van der Waals surface area contributed by atoms with Gasteiger partial charge in [-0.2, -0.15) is 0 Å². The van der Waals surface area contributed by atoms with Crippen LogP contribution in [0.4, 0.5) is 0 Å². The molecular weight excluding hydrogens is 404 g/mol. The number of pyridine rings is 1. The van der Waals surface area contributed by atoms with Gasteiger partial charge >= 0.3 is 0 Å². The van der Waals surface area contributed by atoms with E-state index in [1.807, 2.05) is 29.2 Å². The first kappa shape index (κ1) is 19.4. The summed E-state index contributed by atoms with van der Waals surface area (Å²) in [5.41, 5.74) is 4.04. The van der Waals surface area contributed by atoms with Crippen molar-refractivity contribution < 1.29 is 14.6 Å². The molecule has 1 saturated heterocycles. The topological polar surface area (TPSA) is 90.5 Å². The number of ether oxygens (including phenoxy) is 1. The van der Waals surface area contributed by atoms with Crippen molar-refractivity contribution in [2.45, 2.75) is 25.6 Å². The van der Waals surface area contributed by atoms with Crippen LogP contribution in [0, 0.1) is 0 Å². The van der Waals surface area contributed by atoms with Crippen LogP contribution >= 0.6 is 11.6 Å². The van der Waals surface area contributed by atoms with E-state index in [-0.39, 0.29) is 5.91 Å². The summed E-state index contributed by atoms with van der Waals surface area (Å²) >= 11 is 6.44. The first-order chi connectivity index (χ1) is 14.5. The van der Waals surface area contributed by atoms with Gasteiger partial charge in [0, 0.05) is 66.0 Å². The Morgan fingerprint density at radius 1 is 1.30 bits per heavy atom. The van der Waals surface area contributed by atoms with Crippen LogP contribution in [0.1, 0.15) is 24.3 Å². The third-order valence-corrected chi connectivity index (χ3v) is 6.01. The second-order valence-corrected chi connectivity index (χ2v) is 8.29. The molecule has 1 fully saturated rings. The molecule has 2 aliphatic rings. The highest BCUT2D eigenvalue weighted by molar-refractivity contribution is 6.31. The van der Waals surface area contributed by atoms with Gasteiger partial charge in [-0.3, -0.25) is 4.79 Å². The van der Waals surface area contributed by atoms with Gasteiger partial charge in [0.15, 0.2) is 6.10 Å². The van der Waals surface area contributed by atoms with Crippen LogP contribution in [-0.4, -0.2) is 58.2 Å². The van der Waals surface area contributed by atoms with Crippen LogP contribution in [0.2, 0.25) is 5.02 Å². The molecule has 0 saturated carbocycles. The Hall–Kier alpha value is -2.61. The van der Waals surface area contributed by atoms with E-state index in [0.29, 0.717) is 41.6 Å². The van der Waals surface area contributed by atoms with Crippen LogP contribution in [0.3, 0.4) is 0 Å². The van der Waals surface area contributed by atoms with E-state index in [1.165, 1.54) is 0 Å². The molecule has 8 heteroatoms. The number of halogens is 1. The summed E-state index contributed by atoms with van der Waals surface area (Å²) in [6.45, 7) is 4.70. The minimum absolute atomic E-state index is 0.0210. The van der Waals surface area contributed by atoms with Crippen molar-refractivity contribution in [3.63, 3.8) is 0 Å². The Morgan fingerprint density at radius 3 is 2.87 bits per heavy atom. The van der Waals surface area contributed by atoms with Gasteiger partial charge < -0.3 is 25.0 Å². The standard InChI is InChI=1S/C22H23ClN4O3/c1-12(28)18-11-17-15(2-3-25-21(17)26-18)16-10-14(23)8-13-9-19(30-20(13)16)22(29)27-6-4-24-5-7-27/h2-3,8,10-12,19,24,28H,4-7,9H2,1H3,(H,25,26). The highest BCUT2D eigenvalue weighted by atomic mass is 35.5. The molecule has 1 aromatic carbocycles. The van der Waals surface area contributed by atoms with Gasteiger partial charge in [0.25, 0.3) is 5.91 Å². The van der Waals surface area contributed by atoms with Gasteiger partial charge in [0.2, 0.25) is 0 Å². The zero-order valence-electron chi connectivity index (χ0n) is 16.6. The molecule has 2 unspecified atom stereocenters. The van der Waals surface area contributed by atoms with E-state index in [1.54, 1.807) is 13.1 Å². The van der Waals surface area contributed by atoms with E-state index < -0.39 is 12.2 Å². The van der Waals surface area contributed by atoms with E-state index in [9.17, 15) is 9.90 Å². The number of carbonyl (C=O) groups is 1. The molecule has 1 amide bonds. The zero-order valence-corrected chi connectivity index (χ0v) is 17.4. The molecule has 5 rings (SSSR count). The molecule has 2 aromatic heterocycles. The maximum atomic E-state index is 13.0. The lowest BCUT2D eigenvalue weighted by atomic mass is 9.99. The number of aromatic amines is 1. The maximum Gasteiger partial charge on any atom is 0.264 e. The fraction of sp³-hybridized carbons (Fsp3) is 0.364. The van der Waals surface area contributed by atoms with E-state index in [4.69, 9.17) is 16.3 Å². The van der Waals surface area contributed by atoms with Crippen molar-refractivity contribution >= 4 is 28.5 Å².